The van der Waals surface area contributed by atoms with Crippen molar-refractivity contribution in [2.75, 3.05) is 25.9 Å². The third kappa shape index (κ3) is 5.25. The van der Waals surface area contributed by atoms with E-state index in [0.717, 1.165) is 24.2 Å². The van der Waals surface area contributed by atoms with Gasteiger partial charge < -0.3 is 5.11 Å². The number of carbonyl (C=O) groups is 1. The summed E-state index contributed by atoms with van der Waals surface area (Å²) >= 11 is 0. The van der Waals surface area contributed by atoms with Gasteiger partial charge in [0.2, 0.25) is 10.0 Å². The number of aliphatic carboxylic acids is 1. The normalized spacial score (nSPS) is 23.4. The maximum absolute atomic E-state index is 12.1. The standard InChI is InChI=1S/C22H32N2O4S/c1-22(2,3)18-6-5-15-7-9-23-20(19(15)13-18)11-17-14-24(29(4,27)28)10-8-16(17)12-21(25)26/h5-6,13,16-17H,7-12,14H2,1-4H3,(H,25,26)/t16-,17-/m0/s1. The van der Waals surface area contributed by atoms with Crippen LogP contribution in [0, 0.1) is 11.8 Å². The molecule has 0 unspecified atom stereocenters. The molecule has 0 aromatic heterocycles. The topological polar surface area (TPSA) is 87.0 Å². The molecule has 7 heteroatoms. The van der Waals surface area contributed by atoms with E-state index in [0.29, 0.717) is 25.9 Å². The van der Waals surface area contributed by atoms with Crippen molar-refractivity contribution >= 4 is 21.7 Å². The summed E-state index contributed by atoms with van der Waals surface area (Å²) in [5.41, 5.74) is 4.69. The van der Waals surface area contributed by atoms with Crippen LogP contribution in [0.3, 0.4) is 0 Å². The number of rotatable bonds is 5. The molecule has 0 amide bonds. The summed E-state index contributed by atoms with van der Waals surface area (Å²) < 4.78 is 25.7. The first-order chi connectivity index (χ1) is 13.4. The van der Waals surface area contributed by atoms with Gasteiger partial charge in [-0.1, -0.05) is 32.9 Å². The van der Waals surface area contributed by atoms with Gasteiger partial charge in [-0.15, -0.1) is 0 Å². The van der Waals surface area contributed by atoms with Gasteiger partial charge in [0, 0.05) is 31.8 Å². The van der Waals surface area contributed by atoms with Gasteiger partial charge in [-0.25, -0.2) is 12.7 Å². The zero-order valence-corrected chi connectivity index (χ0v) is 18.6. The van der Waals surface area contributed by atoms with Crippen molar-refractivity contribution in [1.82, 2.24) is 4.31 Å². The molecule has 1 aromatic carbocycles. The molecule has 0 spiro atoms. The van der Waals surface area contributed by atoms with Crippen LogP contribution >= 0.6 is 0 Å². The van der Waals surface area contributed by atoms with Gasteiger partial charge in [-0.3, -0.25) is 9.79 Å². The summed E-state index contributed by atoms with van der Waals surface area (Å²) in [6.45, 7) is 8.03. The maximum Gasteiger partial charge on any atom is 0.303 e. The quantitative estimate of drug-likeness (QED) is 0.793. The highest BCUT2D eigenvalue weighted by Crippen LogP contribution is 2.34. The highest BCUT2D eigenvalue weighted by atomic mass is 32.2. The molecule has 0 saturated carbocycles. The first-order valence-corrected chi connectivity index (χ1v) is 12.1. The number of carboxylic acid groups (broad SMARTS) is 1. The molecule has 29 heavy (non-hydrogen) atoms. The molecule has 0 aliphatic carbocycles. The van der Waals surface area contributed by atoms with E-state index < -0.39 is 16.0 Å². The molecule has 3 rings (SSSR count). The van der Waals surface area contributed by atoms with Crippen molar-refractivity contribution in [1.29, 1.82) is 0 Å². The second-order valence-corrected chi connectivity index (χ2v) is 11.4. The Morgan fingerprint density at radius 1 is 1.28 bits per heavy atom. The minimum Gasteiger partial charge on any atom is -0.481 e. The third-order valence-electron chi connectivity index (χ3n) is 6.19. The smallest absolute Gasteiger partial charge is 0.303 e. The van der Waals surface area contributed by atoms with E-state index in [4.69, 9.17) is 4.99 Å². The van der Waals surface area contributed by atoms with Gasteiger partial charge in [0.05, 0.1) is 6.26 Å². The molecule has 2 aliphatic rings. The molecule has 2 atom stereocenters. The zero-order valence-electron chi connectivity index (χ0n) is 17.8. The highest BCUT2D eigenvalue weighted by Gasteiger charge is 2.35. The highest BCUT2D eigenvalue weighted by molar-refractivity contribution is 7.88. The largest absolute Gasteiger partial charge is 0.481 e. The number of hydrogen-bond donors (Lipinski definition) is 1. The molecular weight excluding hydrogens is 388 g/mol. The Labute approximate surface area is 174 Å². The van der Waals surface area contributed by atoms with Crippen LogP contribution in [0.1, 0.15) is 56.7 Å². The molecule has 2 aliphatic heterocycles. The number of fused-ring (bicyclic) bond motifs is 1. The SMILES string of the molecule is CC(C)(C)c1ccc2c(c1)C(C[C@H]1CN(S(C)(=O)=O)CC[C@H]1CC(=O)O)=NCC2. The van der Waals surface area contributed by atoms with Crippen molar-refractivity contribution in [2.24, 2.45) is 16.8 Å². The Kier molecular flexibility index (Phi) is 6.20. The number of sulfonamides is 1. The lowest BCUT2D eigenvalue weighted by molar-refractivity contribution is -0.138. The Morgan fingerprint density at radius 2 is 2.00 bits per heavy atom. The first kappa shape index (κ1) is 22.0. The van der Waals surface area contributed by atoms with Crippen molar-refractivity contribution in [2.45, 2.75) is 51.9 Å². The van der Waals surface area contributed by atoms with Crippen molar-refractivity contribution < 1.29 is 18.3 Å². The second-order valence-electron chi connectivity index (χ2n) is 9.43. The Balaban J connectivity index is 1.89. The van der Waals surface area contributed by atoms with Crippen LogP contribution < -0.4 is 0 Å². The van der Waals surface area contributed by atoms with Crippen LogP contribution in [0.4, 0.5) is 0 Å². The van der Waals surface area contributed by atoms with Crippen LogP contribution in [0.5, 0.6) is 0 Å². The lowest BCUT2D eigenvalue weighted by Gasteiger charge is -2.37. The van der Waals surface area contributed by atoms with Gasteiger partial charge in [-0.2, -0.15) is 0 Å². The van der Waals surface area contributed by atoms with Crippen molar-refractivity contribution in [3.63, 3.8) is 0 Å². The van der Waals surface area contributed by atoms with Crippen LogP contribution in [-0.4, -0.2) is 55.4 Å². The molecule has 1 N–H and O–H groups in total. The molecule has 1 saturated heterocycles. The second kappa shape index (κ2) is 8.19. The minimum absolute atomic E-state index is 0.0291. The molecule has 1 aromatic rings. The van der Waals surface area contributed by atoms with E-state index >= 15 is 0 Å². The van der Waals surface area contributed by atoms with E-state index in [-0.39, 0.29) is 23.7 Å². The summed E-state index contributed by atoms with van der Waals surface area (Å²) in [4.78, 5) is 16.2. The lowest BCUT2D eigenvalue weighted by atomic mass is 9.78. The van der Waals surface area contributed by atoms with Crippen LogP contribution in [-0.2, 0) is 26.7 Å². The molecule has 2 heterocycles. The molecule has 1 fully saturated rings. The lowest BCUT2D eigenvalue weighted by Crippen LogP contribution is -2.44. The number of carboxylic acids is 1. The van der Waals surface area contributed by atoms with Gasteiger partial charge >= 0.3 is 5.97 Å². The fourth-order valence-corrected chi connectivity index (χ4v) is 5.32. The summed E-state index contributed by atoms with van der Waals surface area (Å²) in [7, 11) is -3.29. The number of hydrogen-bond acceptors (Lipinski definition) is 4. The molecule has 6 nitrogen and oxygen atoms in total. The molecular formula is C22H32N2O4S. The van der Waals surface area contributed by atoms with Crippen LogP contribution in [0.25, 0.3) is 0 Å². The third-order valence-corrected chi connectivity index (χ3v) is 7.46. The average molecular weight is 421 g/mol. The maximum atomic E-state index is 12.1. The fourth-order valence-electron chi connectivity index (χ4n) is 4.42. The summed E-state index contributed by atoms with van der Waals surface area (Å²) in [5, 5.41) is 9.34. The Morgan fingerprint density at radius 3 is 2.62 bits per heavy atom. The molecule has 160 valence electrons. The van der Waals surface area contributed by atoms with Crippen LogP contribution in [0.2, 0.25) is 0 Å². The number of nitrogens with zero attached hydrogens (tertiary/aromatic N) is 2. The van der Waals surface area contributed by atoms with E-state index in [1.807, 2.05) is 0 Å². The molecule has 0 radical (unpaired) electrons. The minimum atomic E-state index is -3.29. The number of benzene rings is 1. The predicted octanol–water partition coefficient (Wildman–Crippen LogP) is 3.09. The van der Waals surface area contributed by atoms with E-state index in [1.54, 1.807) is 0 Å². The Hall–Kier alpha value is -1.73. The summed E-state index contributed by atoms with van der Waals surface area (Å²) in [5.74, 6) is -0.907. The predicted molar refractivity (Wildman–Crippen MR) is 115 cm³/mol. The zero-order chi connectivity index (χ0) is 21.4. The Bertz CT molecular complexity index is 915. The monoisotopic (exact) mass is 420 g/mol. The summed E-state index contributed by atoms with van der Waals surface area (Å²) in [6, 6.07) is 6.58. The van der Waals surface area contributed by atoms with Crippen molar-refractivity contribution in [3.8, 4) is 0 Å². The van der Waals surface area contributed by atoms with Gasteiger partial charge in [0.25, 0.3) is 0 Å². The van der Waals surface area contributed by atoms with E-state index in [1.165, 1.54) is 21.7 Å². The van der Waals surface area contributed by atoms with E-state index in [9.17, 15) is 18.3 Å². The number of piperidine rings is 1. The van der Waals surface area contributed by atoms with Gasteiger partial charge in [0.15, 0.2) is 0 Å². The molecule has 0 bridgehead atoms. The van der Waals surface area contributed by atoms with Crippen LogP contribution in [0.15, 0.2) is 23.2 Å². The first-order valence-electron chi connectivity index (χ1n) is 10.3. The summed E-state index contributed by atoms with van der Waals surface area (Å²) in [6.07, 6.45) is 3.40. The number of aliphatic imine (C=N–C) groups is 1. The average Bonchev–Trinajstić information content (AvgIpc) is 2.61. The fraction of sp³-hybridized carbons (Fsp3) is 0.636. The van der Waals surface area contributed by atoms with Crippen molar-refractivity contribution in [3.05, 3.63) is 34.9 Å². The van der Waals surface area contributed by atoms with Gasteiger partial charge in [-0.05, 0) is 59.3 Å². The van der Waals surface area contributed by atoms with E-state index in [2.05, 4.69) is 39.0 Å². The van der Waals surface area contributed by atoms with Gasteiger partial charge in [0.1, 0.15) is 0 Å².